The zero-order chi connectivity index (χ0) is 15.2. The monoisotopic (exact) mass is 291 g/mol. The fourth-order valence-corrected chi connectivity index (χ4v) is 2.09. The average Bonchev–Trinajstić information content (AvgIpc) is 3.30. The van der Waals surface area contributed by atoms with E-state index in [0.717, 1.165) is 11.3 Å². The number of methoxy groups -OCH3 is 1. The summed E-state index contributed by atoms with van der Waals surface area (Å²) in [6.07, 6.45) is 2.42. The lowest BCUT2D eigenvalue weighted by Crippen LogP contribution is -2.35. The van der Waals surface area contributed by atoms with Gasteiger partial charge in [-0.1, -0.05) is 12.1 Å². The molecule has 0 aliphatic heterocycles. The number of hydrogen-bond donors (Lipinski definition) is 1. The zero-order valence-corrected chi connectivity index (χ0v) is 13.1. The number of aliphatic imine (C=N–C) groups is 1. The van der Waals surface area contributed by atoms with Gasteiger partial charge in [0.15, 0.2) is 5.96 Å². The molecule has 5 heteroatoms. The first kappa shape index (κ1) is 15.6. The van der Waals surface area contributed by atoms with Gasteiger partial charge in [-0.15, -0.1) is 0 Å². The van der Waals surface area contributed by atoms with Crippen LogP contribution in [-0.4, -0.2) is 44.3 Å². The largest absolute Gasteiger partial charge is 0.491 e. The zero-order valence-electron chi connectivity index (χ0n) is 13.1. The maximum absolute atomic E-state index is 6.02. The van der Waals surface area contributed by atoms with Crippen LogP contribution >= 0.6 is 0 Å². The SMILES string of the molecule is COCCOc1cc(C)ccc1CN=C(N)N(C)C1CC1. The van der Waals surface area contributed by atoms with Gasteiger partial charge in [-0.05, 0) is 31.4 Å². The molecule has 0 spiro atoms. The Balaban J connectivity index is 2.02. The Morgan fingerprint density at radius 3 is 2.81 bits per heavy atom. The summed E-state index contributed by atoms with van der Waals surface area (Å²) in [6, 6.07) is 6.71. The molecule has 0 atom stereocenters. The lowest BCUT2D eigenvalue weighted by atomic mass is 10.1. The third-order valence-corrected chi connectivity index (χ3v) is 3.64. The topological polar surface area (TPSA) is 60.1 Å². The molecule has 1 saturated carbocycles. The van der Waals surface area contributed by atoms with Gasteiger partial charge in [-0.3, -0.25) is 0 Å². The van der Waals surface area contributed by atoms with Gasteiger partial charge in [0.1, 0.15) is 12.4 Å². The van der Waals surface area contributed by atoms with E-state index in [1.807, 2.05) is 26.1 Å². The average molecular weight is 291 g/mol. The molecule has 0 bridgehead atoms. The van der Waals surface area contributed by atoms with Crippen molar-refractivity contribution in [1.82, 2.24) is 4.90 Å². The van der Waals surface area contributed by atoms with Gasteiger partial charge in [-0.2, -0.15) is 0 Å². The van der Waals surface area contributed by atoms with Gasteiger partial charge in [0.05, 0.1) is 13.2 Å². The van der Waals surface area contributed by atoms with Crippen LogP contribution in [0.3, 0.4) is 0 Å². The Labute approximate surface area is 126 Å². The number of ether oxygens (including phenoxy) is 2. The fraction of sp³-hybridized carbons (Fsp3) is 0.562. The van der Waals surface area contributed by atoms with Crippen molar-refractivity contribution in [3.05, 3.63) is 29.3 Å². The molecule has 0 radical (unpaired) electrons. The summed E-state index contributed by atoms with van der Waals surface area (Å²) in [6.45, 7) is 3.69. The maximum atomic E-state index is 6.02. The van der Waals surface area contributed by atoms with Crippen LogP contribution in [-0.2, 0) is 11.3 Å². The van der Waals surface area contributed by atoms with Crippen LogP contribution in [0.5, 0.6) is 5.75 Å². The third-order valence-electron chi connectivity index (χ3n) is 3.64. The highest BCUT2D eigenvalue weighted by Gasteiger charge is 2.27. The van der Waals surface area contributed by atoms with Gasteiger partial charge in [0, 0.05) is 25.8 Å². The van der Waals surface area contributed by atoms with E-state index in [1.54, 1.807) is 7.11 Å². The maximum Gasteiger partial charge on any atom is 0.191 e. The van der Waals surface area contributed by atoms with E-state index in [0.29, 0.717) is 31.8 Å². The molecule has 116 valence electrons. The first-order chi connectivity index (χ1) is 10.1. The predicted octanol–water partition coefficient (Wildman–Crippen LogP) is 1.93. The molecule has 1 aliphatic carbocycles. The second-order valence-electron chi connectivity index (χ2n) is 5.47. The molecule has 0 amide bonds. The Hall–Kier alpha value is -1.75. The van der Waals surface area contributed by atoms with Gasteiger partial charge in [0.25, 0.3) is 0 Å². The van der Waals surface area contributed by atoms with Gasteiger partial charge < -0.3 is 20.1 Å². The normalized spacial score (nSPS) is 15.1. The molecule has 21 heavy (non-hydrogen) atoms. The van der Waals surface area contributed by atoms with Crippen molar-refractivity contribution in [2.75, 3.05) is 27.4 Å². The quantitative estimate of drug-likeness (QED) is 0.474. The first-order valence-corrected chi connectivity index (χ1v) is 7.36. The molecule has 0 unspecified atom stereocenters. The lowest BCUT2D eigenvalue weighted by molar-refractivity contribution is 0.145. The Morgan fingerprint density at radius 2 is 2.14 bits per heavy atom. The molecule has 1 aromatic rings. The lowest BCUT2D eigenvalue weighted by Gasteiger charge is -2.17. The van der Waals surface area contributed by atoms with Crippen LogP contribution in [0.1, 0.15) is 24.0 Å². The summed E-state index contributed by atoms with van der Waals surface area (Å²) in [7, 11) is 3.67. The standard InChI is InChI=1S/C16H25N3O2/c1-12-4-5-13(15(10-12)21-9-8-20-3)11-18-16(17)19(2)14-6-7-14/h4-5,10,14H,6-9,11H2,1-3H3,(H2,17,18). The number of rotatable bonds is 7. The van der Waals surface area contributed by atoms with E-state index < -0.39 is 0 Å². The molecule has 1 aromatic carbocycles. The Bertz CT molecular complexity index is 498. The van der Waals surface area contributed by atoms with Crippen LogP contribution in [0.15, 0.2) is 23.2 Å². The smallest absolute Gasteiger partial charge is 0.191 e. The van der Waals surface area contributed by atoms with Crippen molar-refractivity contribution in [2.45, 2.75) is 32.4 Å². The van der Waals surface area contributed by atoms with Crippen molar-refractivity contribution in [1.29, 1.82) is 0 Å². The highest BCUT2D eigenvalue weighted by molar-refractivity contribution is 5.78. The van der Waals surface area contributed by atoms with E-state index >= 15 is 0 Å². The molecule has 1 fully saturated rings. The molecule has 0 aromatic heterocycles. The van der Waals surface area contributed by atoms with E-state index in [2.05, 4.69) is 16.0 Å². The number of benzene rings is 1. The molecule has 1 aliphatic rings. The number of hydrogen-bond acceptors (Lipinski definition) is 3. The Kier molecular flexibility index (Phi) is 5.44. The summed E-state index contributed by atoms with van der Waals surface area (Å²) in [5, 5.41) is 0. The van der Waals surface area contributed by atoms with Crippen molar-refractivity contribution in [3.63, 3.8) is 0 Å². The van der Waals surface area contributed by atoms with E-state index in [-0.39, 0.29) is 0 Å². The highest BCUT2D eigenvalue weighted by Crippen LogP contribution is 2.25. The number of aryl methyl sites for hydroxylation is 1. The van der Waals surface area contributed by atoms with Crippen molar-refractivity contribution < 1.29 is 9.47 Å². The molecule has 0 saturated heterocycles. The van der Waals surface area contributed by atoms with Gasteiger partial charge in [-0.25, -0.2) is 4.99 Å². The fourth-order valence-electron chi connectivity index (χ4n) is 2.09. The molecule has 0 heterocycles. The van der Waals surface area contributed by atoms with Crippen LogP contribution in [0.2, 0.25) is 0 Å². The van der Waals surface area contributed by atoms with Crippen LogP contribution < -0.4 is 10.5 Å². The number of guanidine groups is 1. The molecule has 2 N–H and O–H groups in total. The molecule has 5 nitrogen and oxygen atoms in total. The minimum Gasteiger partial charge on any atom is -0.491 e. The van der Waals surface area contributed by atoms with E-state index in [1.165, 1.54) is 18.4 Å². The number of nitrogens with two attached hydrogens (primary N) is 1. The van der Waals surface area contributed by atoms with Crippen molar-refractivity contribution in [3.8, 4) is 5.75 Å². The number of nitrogens with zero attached hydrogens (tertiary/aromatic N) is 2. The molecular formula is C16H25N3O2. The minimum absolute atomic E-state index is 0.533. The van der Waals surface area contributed by atoms with Crippen LogP contribution in [0.25, 0.3) is 0 Å². The first-order valence-electron chi connectivity index (χ1n) is 7.36. The van der Waals surface area contributed by atoms with Crippen molar-refractivity contribution >= 4 is 5.96 Å². The van der Waals surface area contributed by atoms with E-state index in [4.69, 9.17) is 15.2 Å². The minimum atomic E-state index is 0.533. The second kappa shape index (κ2) is 7.31. The third kappa shape index (κ3) is 4.63. The van der Waals surface area contributed by atoms with Gasteiger partial charge in [0.2, 0.25) is 0 Å². The second-order valence-corrected chi connectivity index (χ2v) is 5.47. The summed E-state index contributed by atoms with van der Waals surface area (Å²) in [5.41, 5.74) is 8.23. The predicted molar refractivity (Wildman–Crippen MR) is 84.7 cm³/mol. The summed E-state index contributed by atoms with van der Waals surface area (Å²) in [5.74, 6) is 1.46. The van der Waals surface area contributed by atoms with Crippen LogP contribution in [0.4, 0.5) is 0 Å². The molecule has 2 rings (SSSR count). The summed E-state index contributed by atoms with van der Waals surface area (Å²) < 4.78 is 10.8. The highest BCUT2D eigenvalue weighted by atomic mass is 16.5. The Morgan fingerprint density at radius 1 is 1.38 bits per heavy atom. The molecular weight excluding hydrogens is 266 g/mol. The summed E-state index contributed by atoms with van der Waals surface area (Å²) >= 11 is 0. The van der Waals surface area contributed by atoms with E-state index in [9.17, 15) is 0 Å². The summed E-state index contributed by atoms with van der Waals surface area (Å²) in [4.78, 5) is 6.54. The van der Waals surface area contributed by atoms with Gasteiger partial charge >= 0.3 is 0 Å². The van der Waals surface area contributed by atoms with Crippen molar-refractivity contribution in [2.24, 2.45) is 10.7 Å². The van der Waals surface area contributed by atoms with Crippen LogP contribution in [0, 0.1) is 6.92 Å².